The molecule has 3 rings (SSSR count). The first kappa shape index (κ1) is 15.4. The summed E-state index contributed by atoms with van der Waals surface area (Å²) in [6.07, 6.45) is 2.43. The minimum Gasteiger partial charge on any atom is -0.354 e. The molecule has 0 fully saturated rings. The van der Waals surface area contributed by atoms with Crippen molar-refractivity contribution in [3.05, 3.63) is 56.9 Å². The van der Waals surface area contributed by atoms with Gasteiger partial charge >= 0.3 is 0 Å². The number of nitrogens with zero attached hydrogens (tertiary/aromatic N) is 3. The monoisotopic (exact) mass is 328 g/mol. The lowest BCUT2D eigenvalue weighted by Crippen LogP contribution is -2.34. The van der Waals surface area contributed by atoms with Crippen molar-refractivity contribution in [1.82, 2.24) is 19.9 Å². The van der Waals surface area contributed by atoms with Gasteiger partial charge in [0.1, 0.15) is 12.2 Å². The molecule has 0 aliphatic heterocycles. The predicted octanol–water partition coefficient (Wildman–Crippen LogP) is 1.52. The second kappa shape index (κ2) is 6.70. The molecule has 118 valence electrons. The van der Waals surface area contributed by atoms with Crippen LogP contribution in [-0.4, -0.2) is 27.0 Å². The van der Waals surface area contributed by atoms with Crippen molar-refractivity contribution in [2.75, 3.05) is 6.54 Å². The Morgan fingerprint density at radius 3 is 2.96 bits per heavy atom. The molecular weight excluding hydrogens is 312 g/mol. The van der Waals surface area contributed by atoms with Crippen LogP contribution in [0.2, 0.25) is 0 Å². The van der Waals surface area contributed by atoms with Gasteiger partial charge in [-0.2, -0.15) is 0 Å². The molecule has 3 aromatic rings. The Bertz CT molecular complexity index is 887. The summed E-state index contributed by atoms with van der Waals surface area (Å²) in [5, 5.41) is 5.71. The molecule has 0 spiro atoms. The van der Waals surface area contributed by atoms with E-state index in [4.69, 9.17) is 0 Å². The number of para-hydroxylation sites is 2. The van der Waals surface area contributed by atoms with E-state index in [9.17, 15) is 9.59 Å². The Hall–Kier alpha value is -2.54. The lowest BCUT2D eigenvalue weighted by atomic mass is 10.2. The van der Waals surface area contributed by atoms with Gasteiger partial charge in [0.2, 0.25) is 5.91 Å². The van der Waals surface area contributed by atoms with Gasteiger partial charge in [-0.25, -0.2) is 9.97 Å². The summed E-state index contributed by atoms with van der Waals surface area (Å²) < 4.78 is 1.47. The molecule has 0 unspecified atom stereocenters. The maximum absolute atomic E-state index is 12.3. The van der Waals surface area contributed by atoms with Crippen molar-refractivity contribution in [1.29, 1.82) is 0 Å². The number of hydrogen-bond donors (Lipinski definition) is 1. The zero-order chi connectivity index (χ0) is 16.2. The molecule has 1 amide bonds. The summed E-state index contributed by atoms with van der Waals surface area (Å²) in [6, 6.07) is 7.32. The van der Waals surface area contributed by atoms with Gasteiger partial charge < -0.3 is 5.32 Å². The fraction of sp³-hybridized carbons (Fsp3) is 0.250. The second-order valence-corrected chi connectivity index (χ2v) is 6.08. The highest BCUT2D eigenvalue weighted by atomic mass is 32.1. The molecule has 0 atom stereocenters. The maximum atomic E-state index is 12.3. The van der Waals surface area contributed by atoms with Gasteiger partial charge in [-0.3, -0.25) is 14.2 Å². The number of thiazole rings is 1. The predicted molar refractivity (Wildman–Crippen MR) is 89.6 cm³/mol. The van der Waals surface area contributed by atoms with Gasteiger partial charge in [0.25, 0.3) is 5.56 Å². The van der Waals surface area contributed by atoms with E-state index in [1.54, 1.807) is 30.5 Å². The van der Waals surface area contributed by atoms with Gasteiger partial charge in [-0.1, -0.05) is 12.1 Å². The Morgan fingerprint density at radius 1 is 1.35 bits per heavy atom. The summed E-state index contributed by atoms with van der Waals surface area (Å²) in [4.78, 5) is 32.9. The molecule has 0 saturated heterocycles. The summed E-state index contributed by atoms with van der Waals surface area (Å²) in [6.45, 7) is 2.15. The van der Waals surface area contributed by atoms with Crippen LogP contribution in [0.15, 0.2) is 40.6 Å². The van der Waals surface area contributed by atoms with Gasteiger partial charge in [-0.15, -0.1) is 11.3 Å². The number of amides is 1. The van der Waals surface area contributed by atoms with Crippen molar-refractivity contribution in [3.8, 4) is 0 Å². The number of carbonyl (C=O) groups is 1. The van der Waals surface area contributed by atoms with Crippen LogP contribution in [0.3, 0.4) is 0 Å². The third-order valence-corrected chi connectivity index (χ3v) is 4.30. The number of hydrogen-bond acceptors (Lipinski definition) is 5. The normalized spacial score (nSPS) is 10.8. The van der Waals surface area contributed by atoms with Crippen molar-refractivity contribution >= 4 is 28.3 Å². The lowest BCUT2D eigenvalue weighted by Gasteiger charge is -2.11. The highest BCUT2D eigenvalue weighted by molar-refractivity contribution is 7.09. The van der Waals surface area contributed by atoms with E-state index in [0.29, 0.717) is 29.7 Å². The first-order valence-electron chi connectivity index (χ1n) is 7.26. The van der Waals surface area contributed by atoms with Gasteiger partial charge in [0.15, 0.2) is 0 Å². The minimum absolute atomic E-state index is 0.0133. The fourth-order valence-corrected chi connectivity index (χ4v) is 2.98. The van der Waals surface area contributed by atoms with Gasteiger partial charge in [0.05, 0.1) is 16.0 Å². The van der Waals surface area contributed by atoms with E-state index in [2.05, 4.69) is 15.3 Å². The molecular formula is C16H16N4O2S. The van der Waals surface area contributed by atoms with E-state index in [-0.39, 0.29) is 18.0 Å². The highest BCUT2D eigenvalue weighted by Crippen LogP contribution is 2.09. The number of carbonyl (C=O) groups excluding carboxylic acids is 1. The SMILES string of the molecule is Cc1nc2ccccc2n(CC(=O)NCCc2nccs2)c1=O. The van der Waals surface area contributed by atoms with Crippen LogP contribution in [0.25, 0.3) is 11.0 Å². The van der Waals surface area contributed by atoms with Crippen molar-refractivity contribution in [2.45, 2.75) is 19.9 Å². The van der Waals surface area contributed by atoms with Crippen LogP contribution in [0, 0.1) is 6.92 Å². The largest absolute Gasteiger partial charge is 0.354 e. The second-order valence-electron chi connectivity index (χ2n) is 5.10. The average Bonchev–Trinajstić information content (AvgIpc) is 3.05. The number of aryl methyl sites for hydroxylation is 1. The molecule has 1 N–H and O–H groups in total. The van der Waals surface area contributed by atoms with Crippen molar-refractivity contribution in [3.63, 3.8) is 0 Å². The Labute approximate surface area is 136 Å². The molecule has 23 heavy (non-hydrogen) atoms. The standard InChI is InChI=1S/C16H16N4O2S/c1-11-16(22)20(13-5-3-2-4-12(13)19-11)10-14(21)17-7-6-15-18-8-9-23-15/h2-5,8-9H,6-7,10H2,1H3,(H,17,21). The summed E-state index contributed by atoms with van der Waals surface area (Å²) in [5.74, 6) is -0.195. The first-order valence-corrected chi connectivity index (χ1v) is 8.14. The van der Waals surface area contributed by atoms with Crippen LogP contribution < -0.4 is 10.9 Å². The molecule has 0 aliphatic rings. The van der Waals surface area contributed by atoms with Crippen LogP contribution in [0.4, 0.5) is 0 Å². The minimum atomic E-state index is -0.237. The number of benzene rings is 1. The maximum Gasteiger partial charge on any atom is 0.272 e. The molecule has 2 heterocycles. The first-order chi connectivity index (χ1) is 11.1. The third kappa shape index (κ3) is 3.45. The summed E-state index contributed by atoms with van der Waals surface area (Å²) in [7, 11) is 0. The molecule has 0 saturated carbocycles. The zero-order valence-electron chi connectivity index (χ0n) is 12.7. The lowest BCUT2D eigenvalue weighted by molar-refractivity contribution is -0.121. The summed E-state index contributed by atoms with van der Waals surface area (Å²) in [5.41, 5.74) is 1.52. The number of fused-ring (bicyclic) bond motifs is 1. The van der Waals surface area contributed by atoms with Crippen LogP contribution >= 0.6 is 11.3 Å². The van der Waals surface area contributed by atoms with E-state index >= 15 is 0 Å². The Balaban J connectivity index is 1.74. The van der Waals surface area contributed by atoms with E-state index in [1.807, 2.05) is 23.6 Å². The number of nitrogens with one attached hydrogen (secondary N) is 1. The van der Waals surface area contributed by atoms with E-state index in [1.165, 1.54) is 4.57 Å². The van der Waals surface area contributed by atoms with Gasteiger partial charge in [-0.05, 0) is 19.1 Å². The fourth-order valence-electron chi connectivity index (χ4n) is 2.36. The molecule has 0 radical (unpaired) electrons. The average molecular weight is 328 g/mol. The van der Waals surface area contributed by atoms with E-state index < -0.39 is 0 Å². The molecule has 0 bridgehead atoms. The zero-order valence-corrected chi connectivity index (χ0v) is 13.5. The topological polar surface area (TPSA) is 76.9 Å². The number of rotatable bonds is 5. The molecule has 0 aliphatic carbocycles. The van der Waals surface area contributed by atoms with E-state index in [0.717, 1.165) is 5.01 Å². The summed E-state index contributed by atoms with van der Waals surface area (Å²) >= 11 is 1.56. The highest BCUT2D eigenvalue weighted by Gasteiger charge is 2.11. The molecule has 6 nitrogen and oxygen atoms in total. The third-order valence-electron chi connectivity index (χ3n) is 3.46. The van der Waals surface area contributed by atoms with Gasteiger partial charge in [0, 0.05) is 24.5 Å². The molecule has 1 aromatic carbocycles. The van der Waals surface area contributed by atoms with Crippen LogP contribution in [-0.2, 0) is 17.8 Å². The van der Waals surface area contributed by atoms with Crippen molar-refractivity contribution in [2.24, 2.45) is 0 Å². The smallest absolute Gasteiger partial charge is 0.272 e. The Morgan fingerprint density at radius 2 is 2.17 bits per heavy atom. The number of aromatic nitrogens is 3. The Kier molecular flexibility index (Phi) is 4.47. The molecule has 7 heteroatoms. The quantitative estimate of drug-likeness (QED) is 0.770. The van der Waals surface area contributed by atoms with Crippen LogP contribution in [0.5, 0.6) is 0 Å². The van der Waals surface area contributed by atoms with Crippen molar-refractivity contribution < 1.29 is 4.79 Å². The molecule has 2 aromatic heterocycles. The van der Waals surface area contributed by atoms with Crippen LogP contribution in [0.1, 0.15) is 10.7 Å².